The third-order valence-electron chi connectivity index (χ3n) is 3.05. The lowest BCUT2D eigenvalue weighted by atomic mass is 10.0. The van der Waals surface area contributed by atoms with Crippen molar-refractivity contribution in [2.75, 3.05) is 0 Å². The van der Waals surface area contributed by atoms with Gasteiger partial charge < -0.3 is 5.73 Å². The smallest absolute Gasteiger partial charge is 0.0495 e. The molecule has 100 valence electrons. The van der Waals surface area contributed by atoms with Gasteiger partial charge in [0.2, 0.25) is 0 Å². The number of aryl methyl sites for hydroxylation is 1. The first-order valence-corrected chi connectivity index (χ1v) is 7.57. The van der Waals surface area contributed by atoms with E-state index in [1.165, 1.54) is 16.0 Å². The molecule has 0 aliphatic carbocycles. The second kappa shape index (κ2) is 6.47. The van der Waals surface area contributed by atoms with Crippen molar-refractivity contribution in [2.45, 2.75) is 30.0 Å². The average molecular weight is 292 g/mol. The topological polar surface area (TPSA) is 26.0 Å². The Balaban J connectivity index is 2.27. The molecule has 2 unspecified atom stereocenters. The minimum atomic E-state index is 0.0850. The Morgan fingerprint density at radius 2 is 1.68 bits per heavy atom. The van der Waals surface area contributed by atoms with E-state index < -0.39 is 0 Å². The Morgan fingerprint density at radius 3 is 2.26 bits per heavy atom. The second-order valence-corrected chi connectivity index (χ2v) is 6.36. The highest BCUT2D eigenvalue weighted by molar-refractivity contribution is 7.99. The van der Waals surface area contributed by atoms with Crippen molar-refractivity contribution in [3.8, 4) is 0 Å². The summed E-state index contributed by atoms with van der Waals surface area (Å²) in [6.07, 6.45) is 0. The van der Waals surface area contributed by atoms with Gasteiger partial charge in [-0.2, -0.15) is 0 Å². The maximum absolute atomic E-state index is 6.17. The van der Waals surface area contributed by atoms with Crippen LogP contribution < -0.4 is 5.73 Å². The summed E-state index contributed by atoms with van der Waals surface area (Å²) in [5.41, 5.74) is 8.76. The number of halogens is 1. The predicted molar refractivity (Wildman–Crippen MR) is 84.9 cm³/mol. The molecule has 0 fully saturated rings. The Bertz CT molecular complexity index is 537. The standard InChI is InChI=1S/C16H18ClNS/c1-11-5-3-4-6-15(11)16(12(2)18)19-14-9-7-13(17)8-10-14/h3-10,12,16H,18H2,1-2H3. The van der Waals surface area contributed by atoms with Gasteiger partial charge in [0.1, 0.15) is 0 Å². The van der Waals surface area contributed by atoms with Crippen molar-refractivity contribution in [1.29, 1.82) is 0 Å². The zero-order valence-electron chi connectivity index (χ0n) is 11.1. The van der Waals surface area contributed by atoms with E-state index in [0.29, 0.717) is 0 Å². The van der Waals surface area contributed by atoms with Crippen LogP contribution in [0.4, 0.5) is 0 Å². The largest absolute Gasteiger partial charge is 0.327 e. The molecule has 2 atom stereocenters. The van der Waals surface area contributed by atoms with Crippen LogP contribution in [0.1, 0.15) is 23.3 Å². The molecule has 0 aliphatic heterocycles. The third kappa shape index (κ3) is 3.75. The van der Waals surface area contributed by atoms with Crippen molar-refractivity contribution < 1.29 is 0 Å². The highest BCUT2D eigenvalue weighted by Crippen LogP contribution is 2.38. The molecule has 0 heterocycles. The summed E-state index contributed by atoms with van der Waals surface area (Å²) in [5.74, 6) is 0. The Kier molecular flexibility index (Phi) is 4.92. The summed E-state index contributed by atoms with van der Waals surface area (Å²) in [7, 11) is 0. The lowest BCUT2D eigenvalue weighted by Gasteiger charge is -2.22. The summed E-state index contributed by atoms with van der Waals surface area (Å²) in [6.45, 7) is 4.19. The first-order chi connectivity index (χ1) is 9.08. The molecule has 2 N–H and O–H groups in total. The van der Waals surface area contributed by atoms with Gasteiger partial charge in [0.05, 0.1) is 0 Å². The van der Waals surface area contributed by atoms with Crippen LogP contribution in [0.3, 0.4) is 0 Å². The molecule has 2 rings (SSSR count). The molecule has 0 spiro atoms. The second-order valence-electron chi connectivity index (χ2n) is 4.71. The molecular formula is C16H18ClNS. The van der Waals surface area contributed by atoms with Crippen molar-refractivity contribution in [1.82, 2.24) is 0 Å². The molecule has 0 saturated carbocycles. The zero-order valence-corrected chi connectivity index (χ0v) is 12.7. The highest BCUT2D eigenvalue weighted by Gasteiger charge is 2.19. The summed E-state index contributed by atoms with van der Waals surface area (Å²) < 4.78 is 0. The molecule has 2 aromatic carbocycles. The minimum absolute atomic E-state index is 0.0850. The normalized spacial score (nSPS) is 14.1. The van der Waals surface area contributed by atoms with Crippen molar-refractivity contribution >= 4 is 23.4 Å². The first kappa shape index (κ1) is 14.4. The maximum atomic E-state index is 6.17. The van der Waals surface area contributed by atoms with Gasteiger partial charge in [-0.25, -0.2) is 0 Å². The van der Waals surface area contributed by atoms with Crippen LogP contribution in [0.25, 0.3) is 0 Å². The van der Waals surface area contributed by atoms with E-state index in [9.17, 15) is 0 Å². The van der Waals surface area contributed by atoms with E-state index in [4.69, 9.17) is 17.3 Å². The maximum Gasteiger partial charge on any atom is 0.0495 e. The third-order valence-corrected chi connectivity index (χ3v) is 4.78. The van der Waals surface area contributed by atoms with E-state index in [2.05, 4.69) is 38.1 Å². The number of rotatable bonds is 4. The van der Waals surface area contributed by atoms with E-state index in [0.717, 1.165) is 5.02 Å². The molecule has 0 aromatic heterocycles. The van der Waals surface area contributed by atoms with Crippen molar-refractivity contribution in [3.05, 3.63) is 64.7 Å². The van der Waals surface area contributed by atoms with Crippen LogP contribution in [-0.2, 0) is 0 Å². The monoisotopic (exact) mass is 291 g/mol. The Morgan fingerprint density at radius 1 is 1.05 bits per heavy atom. The van der Waals surface area contributed by atoms with Gasteiger partial charge in [0.15, 0.2) is 0 Å². The van der Waals surface area contributed by atoms with Crippen molar-refractivity contribution in [3.63, 3.8) is 0 Å². The Hall–Kier alpha value is -0.960. The first-order valence-electron chi connectivity index (χ1n) is 6.31. The molecule has 0 amide bonds. The number of nitrogens with two attached hydrogens (primary N) is 1. The zero-order chi connectivity index (χ0) is 13.8. The molecule has 19 heavy (non-hydrogen) atoms. The summed E-state index contributed by atoms with van der Waals surface area (Å²) >= 11 is 7.71. The molecule has 0 saturated heterocycles. The average Bonchev–Trinajstić information content (AvgIpc) is 2.39. The van der Waals surface area contributed by atoms with Gasteiger partial charge in [-0.3, -0.25) is 0 Å². The lowest BCUT2D eigenvalue weighted by Crippen LogP contribution is -2.23. The number of hydrogen-bond donors (Lipinski definition) is 1. The van der Waals surface area contributed by atoms with Crippen LogP contribution in [-0.4, -0.2) is 6.04 Å². The summed E-state index contributed by atoms with van der Waals surface area (Å²) in [5, 5.41) is 1.01. The quantitative estimate of drug-likeness (QED) is 0.817. The van der Waals surface area contributed by atoms with E-state index in [-0.39, 0.29) is 11.3 Å². The van der Waals surface area contributed by atoms with Crippen LogP contribution in [0.15, 0.2) is 53.4 Å². The van der Waals surface area contributed by atoms with Gasteiger partial charge in [-0.05, 0) is 49.2 Å². The lowest BCUT2D eigenvalue weighted by molar-refractivity contribution is 0.718. The van der Waals surface area contributed by atoms with Crippen LogP contribution in [0.5, 0.6) is 0 Å². The van der Waals surface area contributed by atoms with E-state index in [1.54, 1.807) is 11.8 Å². The highest BCUT2D eigenvalue weighted by atomic mass is 35.5. The van der Waals surface area contributed by atoms with Gasteiger partial charge >= 0.3 is 0 Å². The minimum Gasteiger partial charge on any atom is -0.327 e. The fraction of sp³-hybridized carbons (Fsp3) is 0.250. The molecular weight excluding hydrogens is 274 g/mol. The fourth-order valence-electron chi connectivity index (χ4n) is 2.02. The predicted octanol–water partition coefficient (Wildman–Crippen LogP) is 4.83. The van der Waals surface area contributed by atoms with Crippen LogP contribution in [0.2, 0.25) is 5.02 Å². The van der Waals surface area contributed by atoms with Crippen molar-refractivity contribution in [2.24, 2.45) is 5.73 Å². The Labute approximate surface area is 124 Å². The molecule has 3 heteroatoms. The SMILES string of the molecule is Cc1ccccc1C(Sc1ccc(Cl)cc1)C(C)N. The van der Waals surface area contributed by atoms with Gasteiger partial charge in [0, 0.05) is 21.2 Å². The number of hydrogen-bond acceptors (Lipinski definition) is 2. The summed E-state index contributed by atoms with van der Waals surface area (Å²) in [6, 6.07) is 16.4. The van der Waals surface area contributed by atoms with Gasteiger partial charge in [0.25, 0.3) is 0 Å². The molecule has 1 nitrogen and oxygen atoms in total. The van der Waals surface area contributed by atoms with Gasteiger partial charge in [-0.15, -0.1) is 11.8 Å². The van der Waals surface area contributed by atoms with E-state index >= 15 is 0 Å². The molecule has 0 aliphatic rings. The molecule has 0 bridgehead atoms. The molecule has 2 aromatic rings. The van der Waals surface area contributed by atoms with E-state index in [1.807, 2.05) is 24.3 Å². The molecule has 0 radical (unpaired) electrons. The summed E-state index contributed by atoms with van der Waals surface area (Å²) in [4.78, 5) is 1.19. The fourth-order valence-corrected chi connectivity index (χ4v) is 3.34. The number of thioether (sulfide) groups is 1. The van der Waals surface area contributed by atoms with Crippen LogP contribution >= 0.6 is 23.4 Å². The number of benzene rings is 2. The van der Waals surface area contributed by atoms with Crippen LogP contribution in [0, 0.1) is 6.92 Å². The van der Waals surface area contributed by atoms with Gasteiger partial charge in [-0.1, -0.05) is 35.9 Å².